The Bertz CT molecular complexity index is 1640. The van der Waals surface area contributed by atoms with Gasteiger partial charge in [0.05, 0.1) is 16.9 Å². The molecule has 9 heteroatoms. The lowest BCUT2D eigenvalue weighted by molar-refractivity contribution is -0.118. The van der Waals surface area contributed by atoms with Gasteiger partial charge in [-0.15, -0.1) is 0 Å². The topological polar surface area (TPSA) is 98.3 Å². The van der Waals surface area contributed by atoms with Gasteiger partial charge in [-0.25, -0.2) is 4.68 Å². The number of aryl methyl sites for hydroxylation is 1. The fourth-order valence-electron chi connectivity index (χ4n) is 5.09. The molecule has 0 aliphatic heterocycles. The molecule has 0 spiro atoms. The van der Waals surface area contributed by atoms with Gasteiger partial charge in [0.15, 0.2) is 5.78 Å². The molecule has 0 bridgehead atoms. The van der Waals surface area contributed by atoms with E-state index in [1.54, 1.807) is 21.5 Å². The highest BCUT2D eigenvalue weighted by Gasteiger charge is 2.29. The second-order valence-electron chi connectivity index (χ2n) is 12.1. The number of carbonyl (C=O) groups excluding carboxylic acids is 2. The fourth-order valence-corrected chi connectivity index (χ4v) is 5.32. The first-order chi connectivity index (χ1) is 19.2. The Kier molecular flexibility index (Phi) is 8.66. The van der Waals surface area contributed by atoms with E-state index in [1.807, 2.05) is 85.1 Å². The molecule has 0 aliphatic rings. The molecule has 2 N–H and O–H groups in total. The summed E-state index contributed by atoms with van der Waals surface area (Å²) in [5.74, 6) is 0.337. The van der Waals surface area contributed by atoms with Crippen molar-refractivity contribution in [2.24, 2.45) is 12.5 Å². The van der Waals surface area contributed by atoms with Crippen molar-refractivity contribution < 1.29 is 14.0 Å². The van der Waals surface area contributed by atoms with E-state index in [9.17, 15) is 14.4 Å². The smallest absolute Gasteiger partial charge is 0.295 e. The minimum Gasteiger partial charge on any atom is -0.461 e. The Morgan fingerprint density at radius 2 is 1.73 bits per heavy atom. The molecule has 2 aromatic carbocycles. The van der Waals surface area contributed by atoms with Crippen LogP contribution in [0.15, 0.2) is 57.7 Å². The molecule has 4 aromatic rings. The summed E-state index contributed by atoms with van der Waals surface area (Å²) in [6.07, 6.45) is 1.35. The normalized spacial score (nSPS) is 12.2. The SMILES string of the molecule is CNC(C)(C)Cc1c(NC(=O)CC(C)(C)CCC(=O)c2cc(Cl)cc3cc(C)oc23)c(=O)n(-c2ccccc2)n1C. The number of likely N-dealkylation sites (N-methyl/N-ethyl adjacent to an activating group) is 1. The van der Waals surface area contributed by atoms with Gasteiger partial charge in [-0.3, -0.25) is 19.1 Å². The molecular formula is C32H39ClN4O4. The molecule has 0 aliphatic carbocycles. The highest BCUT2D eigenvalue weighted by Crippen LogP contribution is 2.32. The molecule has 2 heterocycles. The third kappa shape index (κ3) is 6.82. The molecule has 0 saturated heterocycles. The lowest BCUT2D eigenvalue weighted by Crippen LogP contribution is -2.39. The highest BCUT2D eigenvalue weighted by atomic mass is 35.5. The van der Waals surface area contributed by atoms with Crippen molar-refractivity contribution in [3.63, 3.8) is 0 Å². The summed E-state index contributed by atoms with van der Waals surface area (Å²) in [4.78, 5) is 40.2. The Balaban J connectivity index is 1.53. The van der Waals surface area contributed by atoms with Gasteiger partial charge in [0.1, 0.15) is 17.0 Å². The van der Waals surface area contributed by atoms with E-state index in [4.69, 9.17) is 16.0 Å². The van der Waals surface area contributed by atoms with Crippen LogP contribution in [0.4, 0.5) is 5.69 Å². The number of para-hydroxylation sites is 1. The maximum absolute atomic E-state index is 13.6. The van der Waals surface area contributed by atoms with Crippen LogP contribution in [0.5, 0.6) is 0 Å². The molecule has 2 aromatic heterocycles. The van der Waals surface area contributed by atoms with Gasteiger partial charge in [0, 0.05) is 42.3 Å². The largest absolute Gasteiger partial charge is 0.461 e. The van der Waals surface area contributed by atoms with Crippen LogP contribution in [0.3, 0.4) is 0 Å². The van der Waals surface area contributed by atoms with Gasteiger partial charge in [-0.1, -0.05) is 43.6 Å². The molecule has 0 fully saturated rings. The molecule has 41 heavy (non-hydrogen) atoms. The van der Waals surface area contributed by atoms with E-state index in [0.29, 0.717) is 40.5 Å². The van der Waals surface area contributed by atoms with Gasteiger partial charge in [-0.2, -0.15) is 0 Å². The van der Waals surface area contributed by atoms with Crippen molar-refractivity contribution in [3.05, 3.63) is 80.9 Å². The molecule has 0 atom stereocenters. The molecular weight excluding hydrogens is 540 g/mol. The van der Waals surface area contributed by atoms with Gasteiger partial charge >= 0.3 is 0 Å². The number of carbonyl (C=O) groups is 2. The number of hydrogen-bond acceptors (Lipinski definition) is 5. The number of fused-ring (bicyclic) bond motifs is 1. The Labute approximate surface area is 245 Å². The Morgan fingerprint density at radius 1 is 1.05 bits per heavy atom. The molecule has 218 valence electrons. The number of halogens is 1. The van der Waals surface area contributed by atoms with Gasteiger partial charge in [0.2, 0.25) is 5.91 Å². The molecule has 1 amide bonds. The number of amides is 1. The average Bonchev–Trinajstić information content (AvgIpc) is 3.38. The molecule has 8 nitrogen and oxygen atoms in total. The summed E-state index contributed by atoms with van der Waals surface area (Å²) in [6, 6.07) is 14.6. The quantitative estimate of drug-likeness (QED) is 0.199. The van der Waals surface area contributed by atoms with Gasteiger partial charge in [-0.05, 0) is 70.0 Å². The van der Waals surface area contributed by atoms with Crippen LogP contribution in [0.1, 0.15) is 68.8 Å². The van der Waals surface area contributed by atoms with Gasteiger partial charge in [0.25, 0.3) is 5.56 Å². The lowest BCUT2D eigenvalue weighted by Gasteiger charge is -2.26. The summed E-state index contributed by atoms with van der Waals surface area (Å²) in [6.45, 7) is 9.81. The van der Waals surface area contributed by atoms with Crippen LogP contribution in [0.25, 0.3) is 16.7 Å². The van der Waals surface area contributed by atoms with E-state index in [2.05, 4.69) is 10.6 Å². The van der Waals surface area contributed by atoms with Crippen molar-refractivity contribution >= 4 is 39.9 Å². The van der Waals surface area contributed by atoms with Gasteiger partial charge < -0.3 is 15.1 Å². The first-order valence-electron chi connectivity index (χ1n) is 13.8. The number of anilines is 1. The van der Waals surface area contributed by atoms with E-state index >= 15 is 0 Å². The number of nitrogens with one attached hydrogen (secondary N) is 2. The maximum atomic E-state index is 13.6. The van der Waals surface area contributed by atoms with Crippen LogP contribution >= 0.6 is 11.6 Å². The predicted octanol–water partition coefficient (Wildman–Crippen LogP) is 6.44. The average molecular weight is 579 g/mol. The molecule has 0 saturated carbocycles. The van der Waals surface area contributed by atoms with Crippen molar-refractivity contribution in [1.29, 1.82) is 0 Å². The van der Waals surface area contributed by atoms with Crippen LogP contribution in [0, 0.1) is 12.3 Å². The van der Waals surface area contributed by atoms with Crippen molar-refractivity contribution in [1.82, 2.24) is 14.7 Å². The van der Waals surface area contributed by atoms with Crippen LogP contribution in [0.2, 0.25) is 5.02 Å². The number of rotatable bonds is 11. The third-order valence-electron chi connectivity index (χ3n) is 7.61. The summed E-state index contributed by atoms with van der Waals surface area (Å²) < 4.78 is 9.14. The minimum absolute atomic E-state index is 0.0919. The van der Waals surface area contributed by atoms with Crippen molar-refractivity contribution in [2.45, 2.75) is 65.8 Å². The van der Waals surface area contributed by atoms with E-state index in [-0.39, 0.29) is 41.3 Å². The second-order valence-corrected chi connectivity index (χ2v) is 12.6. The lowest BCUT2D eigenvalue weighted by atomic mass is 9.82. The van der Waals surface area contributed by atoms with E-state index in [0.717, 1.165) is 11.1 Å². The van der Waals surface area contributed by atoms with E-state index in [1.165, 1.54) is 0 Å². The monoisotopic (exact) mass is 578 g/mol. The zero-order valence-corrected chi connectivity index (χ0v) is 25.6. The number of ketones is 1. The first-order valence-corrected chi connectivity index (χ1v) is 14.2. The van der Waals surface area contributed by atoms with Crippen molar-refractivity contribution in [3.8, 4) is 5.69 Å². The highest BCUT2D eigenvalue weighted by molar-refractivity contribution is 6.32. The Hall–Kier alpha value is -3.62. The van der Waals surface area contributed by atoms with Crippen LogP contribution < -0.4 is 16.2 Å². The number of nitrogens with zero attached hydrogens (tertiary/aromatic N) is 2. The van der Waals surface area contributed by atoms with Crippen LogP contribution in [-0.2, 0) is 18.3 Å². The van der Waals surface area contributed by atoms with Crippen LogP contribution in [-0.4, -0.2) is 33.6 Å². The number of furan rings is 1. The number of aromatic nitrogens is 2. The second kappa shape index (κ2) is 11.7. The zero-order chi connectivity index (χ0) is 30.1. The fraction of sp³-hybridized carbons (Fsp3) is 0.406. The predicted molar refractivity (Wildman–Crippen MR) is 164 cm³/mol. The number of hydrogen-bond donors (Lipinski definition) is 2. The molecule has 0 unspecified atom stereocenters. The number of Topliss-reactive ketones (excluding diaryl/α,β-unsaturated/α-hetero) is 1. The standard InChI is InChI=1S/C32H39ClN4O4/c1-20-15-21-16-22(33)17-24(29(21)41-20)26(38)13-14-31(2,3)19-27(39)35-28-25(18-32(4,5)34-6)36(7)37(30(28)40)23-11-9-8-10-12-23/h8-12,15-17,34H,13-14,18-19H2,1-7H3,(H,35,39). The molecule has 4 rings (SSSR count). The number of benzene rings is 2. The summed E-state index contributed by atoms with van der Waals surface area (Å²) in [7, 11) is 3.70. The maximum Gasteiger partial charge on any atom is 0.295 e. The Morgan fingerprint density at radius 3 is 2.39 bits per heavy atom. The summed E-state index contributed by atoms with van der Waals surface area (Å²) >= 11 is 6.26. The molecule has 0 radical (unpaired) electrons. The summed E-state index contributed by atoms with van der Waals surface area (Å²) in [5, 5.41) is 7.47. The van der Waals surface area contributed by atoms with Crippen molar-refractivity contribution in [2.75, 3.05) is 12.4 Å². The third-order valence-corrected chi connectivity index (χ3v) is 7.83. The first kappa shape index (κ1) is 30.3. The summed E-state index contributed by atoms with van der Waals surface area (Å²) in [5.41, 5.74) is 1.57. The zero-order valence-electron chi connectivity index (χ0n) is 24.9. The minimum atomic E-state index is -0.506. The van der Waals surface area contributed by atoms with E-state index < -0.39 is 5.41 Å².